The summed E-state index contributed by atoms with van der Waals surface area (Å²) < 4.78 is 7.95. The van der Waals surface area contributed by atoms with Gasteiger partial charge in [0, 0.05) is 5.39 Å². The molecule has 0 spiro atoms. The van der Waals surface area contributed by atoms with Crippen molar-refractivity contribution >= 4 is 55.7 Å². The zero-order chi connectivity index (χ0) is 24.5. The Morgan fingerprint density at radius 2 is 1.91 bits per heavy atom. The van der Waals surface area contributed by atoms with E-state index in [9.17, 15) is 9.59 Å². The standard InChI is InChI=1S/C27H23N3O3S2/c1-4-33-24(31)15-30-25-17(3)12-16(2)13-23(25)35-27(30)29-26(32)19-14-21(22-10-7-11-34-22)28-20-9-6-5-8-18(19)20/h5-14H,4,15H2,1-3H3. The van der Waals surface area contributed by atoms with Crippen LogP contribution in [-0.2, 0) is 16.1 Å². The number of thiophene rings is 1. The van der Waals surface area contributed by atoms with Gasteiger partial charge in [0.2, 0.25) is 0 Å². The number of fused-ring (bicyclic) bond motifs is 2. The molecular formula is C27H23N3O3S2. The van der Waals surface area contributed by atoms with E-state index in [0.717, 1.165) is 42.8 Å². The number of pyridine rings is 1. The molecule has 5 rings (SSSR count). The fraction of sp³-hybridized carbons (Fsp3) is 0.185. The maximum atomic E-state index is 13.6. The molecule has 0 saturated carbocycles. The third-order valence-corrected chi connectivity index (χ3v) is 7.54. The van der Waals surface area contributed by atoms with Gasteiger partial charge in [-0.05, 0) is 61.5 Å². The lowest BCUT2D eigenvalue weighted by Crippen LogP contribution is -2.23. The number of rotatable bonds is 5. The maximum absolute atomic E-state index is 13.6. The third kappa shape index (κ3) is 4.54. The molecule has 5 aromatic rings. The molecule has 0 radical (unpaired) electrons. The summed E-state index contributed by atoms with van der Waals surface area (Å²) >= 11 is 2.97. The van der Waals surface area contributed by atoms with Gasteiger partial charge < -0.3 is 9.30 Å². The SMILES string of the molecule is CCOC(=O)Cn1c(=NC(=O)c2cc(-c3cccs3)nc3ccccc23)sc2cc(C)cc(C)c21. The molecule has 2 aromatic carbocycles. The van der Waals surface area contributed by atoms with Crippen LogP contribution in [0.4, 0.5) is 0 Å². The van der Waals surface area contributed by atoms with Crippen LogP contribution in [-0.4, -0.2) is 28.0 Å². The number of aryl methyl sites for hydroxylation is 2. The number of hydrogen-bond acceptors (Lipinski definition) is 6. The Morgan fingerprint density at radius 1 is 1.09 bits per heavy atom. The minimum Gasteiger partial charge on any atom is -0.465 e. The van der Waals surface area contributed by atoms with Gasteiger partial charge >= 0.3 is 5.97 Å². The molecule has 0 aliphatic carbocycles. The number of nitrogens with zero attached hydrogens (tertiary/aromatic N) is 3. The molecule has 6 nitrogen and oxygen atoms in total. The van der Waals surface area contributed by atoms with Crippen molar-refractivity contribution in [2.24, 2.45) is 4.99 Å². The van der Waals surface area contributed by atoms with Gasteiger partial charge in [0.15, 0.2) is 4.80 Å². The Morgan fingerprint density at radius 3 is 2.69 bits per heavy atom. The minimum absolute atomic E-state index is 0.0125. The summed E-state index contributed by atoms with van der Waals surface area (Å²) in [6.45, 7) is 6.08. The number of ether oxygens (including phenoxy) is 1. The molecule has 0 N–H and O–H groups in total. The maximum Gasteiger partial charge on any atom is 0.326 e. The van der Waals surface area contributed by atoms with Gasteiger partial charge in [-0.25, -0.2) is 4.98 Å². The van der Waals surface area contributed by atoms with Gasteiger partial charge in [-0.3, -0.25) is 9.59 Å². The monoisotopic (exact) mass is 501 g/mol. The van der Waals surface area contributed by atoms with E-state index < -0.39 is 0 Å². The van der Waals surface area contributed by atoms with Crippen LogP contribution in [0.25, 0.3) is 31.7 Å². The molecule has 0 atom stereocenters. The smallest absolute Gasteiger partial charge is 0.326 e. The lowest BCUT2D eigenvalue weighted by molar-refractivity contribution is -0.143. The fourth-order valence-corrected chi connectivity index (χ4v) is 6.10. The lowest BCUT2D eigenvalue weighted by atomic mass is 10.1. The Balaban J connectivity index is 1.70. The molecule has 35 heavy (non-hydrogen) atoms. The van der Waals surface area contributed by atoms with Crippen molar-refractivity contribution in [2.45, 2.75) is 27.3 Å². The second-order valence-electron chi connectivity index (χ2n) is 8.17. The van der Waals surface area contributed by atoms with E-state index in [-0.39, 0.29) is 18.4 Å². The topological polar surface area (TPSA) is 73.6 Å². The minimum atomic E-state index is -0.375. The molecule has 1 amide bonds. The van der Waals surface area contributed by atoms with Gasteiger partial charge in [0.1, 0.15) is 6.54 Å². The molecule has 0 aliphatic heterocycles. The highest BCUT2D eigenvalue weighted by atomic mass is 32.1. The first kappa shape index (κ1) is 23.1. The highest BCUT2D eigenvalue weighted by Gasteiger charge is 2.17. The summed E-state index contributed by atoms with van der Waals surface area (Å²) in [6.07, 6.45) is 0. The number of thiazole rings is 1. The summed E-state index contributed by atoms with van der Waals surface area (Å²) in [6, 6.07) is 17.4. The van der Waals surface area contributed by atoms with Crippen LogP contribution >= 0.6 is 22.7 Å². The summed E-state index contributed by atoms with van der Waals surface area (Å²) in [5.41, 5.74) is 4.96. The van der Waals surface area contributed by atoms with Gasteiger partial charge in [0.05, 0.1) is 38.5 Å². The largest absolute Gasteiger partial charge is 0.465 e. The molecule has 0 aliphatic rings. The van der Waals surface area contributed by atoms with Crippen molar-refractivity contribution < 1.29 is 14.3 Å². The zero-order valence-corrected chi connectivity index (χ0v) is 21.2. The van der Waals surface area contributed by atoms with Crippen molar-refractivity contribution in [3.05, 3.63) is 81.5 Å². The van der Waals surface area contributed by atoms with Crippen molar-refractivity contribution in [1.82, 2.24) is 9.55 Å². The second kappa shape index (κ2) is 9.56. The molecule has 8 heteroatoms. The van der Waals surface area contributed by atoms with Crippen LogP contribution in [0.5, 0.6) is 0 Å². The summed E-state index contributed by atoms with van der Waals surface area (Å²) in [4.78, 5) is 36.8. The van der Waals surface area contributed by atoms with Gasteiger partial charge in [-0.2, -0.15) is 4.99 Å². The summed E-state index contributed by atoms with van der Waals surface area (Å²) in [5.74, 6) is -0.740. The molecule has 0 saturated heterocycles. The molecule has 3 aromatic heterocycles. The van der Waals surface area contributed by atoms with Crippen LogP contribution < -0.4 is 4.80 Å². The Kier molecular flexibility index (Phi) is 6.32. The van der Waals surface area contributed by atoms with E-state index in [1.807, 2.05) is 55.6 Å². The van der Waals surface area contributed by atoms with E-state index in [4.69, 9.17) is 9.72 Å². The normalized spacial score (nSPS) is 11.9. The molecule has 0 fully saturated rings. The quantitative estimate of drug-likeness (QED) is 0.281. The molecule has 0 unspecified atom stereocenters. The summed E-state index contributed by atoms with van der Waals surface area (Å²) in [7, 11) is 0. The average molecular weight is 502 g/mol. The predicted molar refractivity (Wildman–Crippen MR) is 141 cm³/mol. The molecular weight excluding hydrogens is 478 g/mol. The van der Waals surface area contributed by atoms with Crippen LogP contribution in [0, 0.1) is 13.8 Å². The Labute approximate surface area is 210 Å². The fourth-order valence-electron chi connectivity index (χ4n) is 4.21. The molecule has 3 heterocycles. The third-order valence-electron chi connectivity index (χ3n) is 5.62. The number of carbonyl (C=O) groups is 2. The first-order chi connectivity index (χ1) is 16.9. The Hall–Kier alpha value is -3.62. The van der Waals surface area contributed by atoms with Gasteiger partial charge in [0.25, 0.3) is 5.91 Å². The van der Waals surface area contributed by atoms with Crippen molar-refractivity contribution in [3.8, 4) is 10.6 Å². The number of amides is 1. The number of para-hydroxylation sites is 1. The first-order valence-corrected chi connectivity index (χ1v) is 12.9. The Bertz CT molecular complexity index is 1650. The van der Waals surface area contributed by atoms with Crippen molar-refractivity contribution in [3.63, 3.8) is 0 Å². The number of hydrogen-bond donors (Lipinski definition) is 0. The zero-order valence-electron chi connectivity index (χ0n) is 19.6. The van der Waals surface area contributed by atoms with Crippen LogP contribution in [0.15, 0.2) is 65.0 Å². The van der Waals surface area contributed by atoms with Crippen LogP contribution in [0.1, 0.15) is 28.4 Å². The van der Waals surface area contributed by atoms with E-state index in [2.05, 4.69) is 17.1 Å². The average Bonchev–Trinajstić information content (AvgIpc) is 3.47. The van der Waals surface area contributed by atoms with Gasteiger partial charge in [-0.1, -0.05) is 41.7 Å². The number of aromatic nitrogens is 2. The van der Waals surface area contributed by atoms with E-state index in [0.29, 0.717) is 17.0 Å². The van der Waals surface area contributed by atoms with Crippen molar-refractivity contribution in [1.29, 1.82) is 0 Å². The lowest BCUT2D eigenvalue weighted by Gasteiger charge is -2.08. The highest BCUT2D eigenvalue weighted by molar-refractivity contribution is 7.16. The van der Waals surface area contributed by atoms with Crippen LogP contribution in [0.3, 0.4) is 0 Å². The number of carbonyl (C=O) groups excluding carboxylic acids is 2. The van der Waals surface area contributed by atoms with E-state index in [1.54, 1.807) is 28.9 Å². The second-order valence-corrected chi connectivity index (χ2v) is 10.1. The predicted octanol–water partition coefficient (Wildman–Crippen LogP) is 5.90. The molecule has 176 valence electrons. The number of benzene rings is 2. The molecule has 0 bridgehead atoms. The number of esters is 1. The van der Waals surface area contributed by atoms with Gasteiger partial charge in [-0.15, -0.1) is 11.3 Å². The highest BCUT2D eigenvalue weighted by Crippen LogP contribution is 2.28. The van der Waals surface area contributed by atoms with E-state index in [1.165, 1.54) is 11.3 Å². The van der Waals surface area contributed by atoms with Crippen molar-refractivity contribution in [2.75, 3.05) is 6.61 Å². The van der Waals surface area contributed by atoms with Crippen LogP contribution in [0.2, 0.25) is 0 Å². The van der Waals surface area contributed by atoms with E-state index >= 15 is 0 Å². The first-order valence-electron chi connectivity index (χ1n) is 11.2. The summed E-state index contributed by atoms with van der Waals surface area (Å²) in [5, 5.41) is 2.73.